The van der Waals surface area contributed by atoms with Crippen LogP contribution in [-0.2, 0) is 10.2 Å². The van der Waals surface area contributed by atoms with E-state index < -0.39 is 0 Å². The number of amides is 1. The molecule has 128 valence electrons. The Morgan fingerprint density at radius 1 is 1.08 bits per heavy atom. The molecule has 0 radical (unpaired) electrons. The van der Waals surface area contributed by atoms with E-state index in [0.717, 1.165) is 38.1 Å². The third-order valence-electron chi connectivity index (χ3n) is 5.35. The Labute approximate surface area is 156 Å². The first-order chi connectivity index (χ1) is 11.8. The molecule has 0 N–H and O–H groups in total. The highest BCUT2D eigenvalue weighted by Gasteiger charge is 2.45. The predicted octanol–water partition coefficient (Wildman–Crippen LogP) is 5.33. The van der Waals surface area contributed by atoms with Crippen LogP contribution >= 0.6 is 34.4 Å². The highest BCUT2D eigenvalue weighted by Crippen LogP contribution is 2.45. The van der Waals surface area contributed by atoms with E-state index in [0.29, 0.717) is 11.2 Å². The van der Waals surface area contributed by atoms with Crippen molar-refractivity contribution in [2.75, 3.05) is 18.8 Å². The number of hydrogen-bond donors (Lipinski definition) is 0. The van der Waals surface area contributed by atoms with E-state index in [-0.39, 0.29) is 5.41 Å². The number of thiophene rings is 2. The van der Waals surface area contributed by atoms with Gasteiger partial charge < -0.3 is 4.90 Å². The first-order valence-corrected chi connectivity index (χ1v) is 11.6. The zero-order valence-electron chi connectivity index (χ0n) is 13.8. The third kappa shape index (κ3) is 3.06. The SMILES string of the molecule is O=C(N1CCSC(c2cccs2)CC1)C1(c2cccs2)CCCC1. The summed E-state index contributed by atoms with van der Waals surface area (Å²) < 4.78 is 0. The van der Waals surface area contributed by atoms with Crippen molar-refractivity contribution in [3.8, 4) is 0 Å². The molecule has 0 spiro atoms. The monoisotopic (exact) mass is 377 g/mol. The summed E-state index contributed by atoms with van der Waals surface area (Å²) in [6, 6.07) is 8.65. The molecule has 0 aromatic carbocycles. The van der Waals surface area contributed by atoms with Crippen molar-refractivity contribution >= 4 is 40.3 Å². The van der Waals surface area contributed by atoms with Crippen LogP contribution in [-0.4, -0.2) is 29.6 Å². The van der Waals surface area contributed by atoms with Gasteiger partial charge in [-0.15, -0.1) is 22.7 Å². The zero-order chi connectivity index (χ0) is 16.4. The molecule has 24 heavy (non-hydrogen) atoms. The molecule has 1 amide bonds. The van der Waals surface area contributed by atoms with Gasteiger partial charge in [0.2, 0.25) is 5.91 Å². The second-order valence-corrected chi connectivity index (χ2v) is 9.96. The Bertz CT molecular complexity index is 659. The van der Waals surface area contributed by atoms with Crippen LogP contribution in [0.4, 0.5) is 0 Å². The fraction of sp³-hybridized carbons (Fsp3) is 0.526. The summed E-state index contributed by atoms with van der Waals surface area (Å²) in [5, 5.41) is 4.84. The molecular weight excluding hydrogens is 354 g/mol. The van der Waals surface area contributed by atoms with E-state index in [9.17, 15) is 4.79 Å². The van der Waals surface area contributed by atoms with E-state index in [1.54, 1.807) is 11.3 Å². The largest absolute Gasteiger partial charge is 0.341 e. The van der Waals surface area contributed by atoms with Crippen molar-refractivity contribution in [1.29, 1.82) is 0 Å². The minimum Gasteiger partial charge on any atom is -0.341 e. The summed E-state index contributed by atoms with van der Waals surface area (Å²) in [4.78, 5) is 18.4. The molecule has 1 atom stereocenters. The minimum absolute atomic E-state index is 0.221. The molecule has 1 saturated heterocycles. The molecule has 1 saturated carbocycles. The van der Waals surface area contributed by atoms with Gasteiger partial charge in [0, 0.05) is 33.8 Å². The van der Waals surface area contributed by atoms with Gasteiger partial charge in [0.25, 0.3) is 0 Å². The van der Waals surface area contributed by atoms with Crippen LogP contribution < -0.4 is 0 Å². The molecule has 3 heterocycles. The predicted molar refractivity (Wildman–Crippen MR) is 105 cm³/mol. The lowest BCUT2D eigenvalue weighted by atomic mass is 9.82. The van der Waals surface area contributed by atoms with Gasteiger partial charge in [0.05, 0.1) is 5.41 Å². The zero-order valence-corrected chi connectivity index (χ0v) is 16.2. The summed E-state index contributed by atoms with van der Waals surface area (Å²) in [5.41, 5.74) is -0.221. The standard InChI is InChI=1S/C19H23NOS3/c21-18(19(8-1-2-9-19)17-6-4-13-24-17)20-10-7-16(23-14-11-20)15-5-3-12-22-15/h3-6,12-13,16H,1-2,7-11,14H2. The van der Waals surface area contributed by atoms with Gasteiger partial charge in [-0.05, 0) is 42.2 Å². The second-order valence-electron chi connectivity index (χ2n) is 6.72. The van der Waals surface area contributed by atoms with Crippen molar-refractivity contribution in [2.45, 2.75) is 42.8 Å². The number of thioether (sulfide) groups is 1. The van der Waals surface area contributed by atoms with Crippen LogP contribution in [0, 0.1) is 0 Å². The maximum absolute atomic E-state index is 13.5. The van der Waals surface area contributed by atoms with Crippen LogP contribution in [0.25, 0.3) is 0 Å². The summed E-state index contributed by atoms with van der Waals surface area (Å²) in [5.74, 6) is 1.45. The first kappa shape index (κ1) is 16.7. The summed E-state index contributed by atoms with van der Waals surface area (Å²) in [6.45, 7) is 1.81. The molecule has 0 bridgehead atoms. The van der Waals surface area contributed by atoms with Gasteiger partial charge >= 0.3 is 0 Å². The lowest BCUT2D eigenvalue weighted by Gasteiger charge is -2.33. The fourth-order valence-electron chi connectivity index (χ4n) is 4.07. The maximum Gasteiger partial charge on any atom is 0.234 e. The Balaban J connectivity index is 1.51. The van der Waals surface area contributed by atoms with Crippen molar-refractivity contribution in [3.05, 3.63) is 44.8 Å². The highest BCUT2D eigenvalue weighted by molar-refractivity contribution is 7.99. The number of rotatable bonds is 3. The van der Waals surface area contributed by atoms with Gasteiger partial charge in [-0.2, -0.15) is 11.8 Å². The van der Waals surface area contributed by atoms with E-state index in [4.69, 9.17) is 0 Å². The summed E-state index contributed by atoms with van der Waals surface area (Å²) >= 11 is 5.63. The number of hydrogen-bond acceptors (Lipinski definition) is 4. The maximum atomic E-state index is 13.5. The average molecular weight is 378 g/mol. The molecular formula is C19H23NOS3. The van der Waals surface area contributed by atoms with Crippen LogP contribution in [0.1, 0.15) is 47.1 Å². The number of carbonyl (C=O) groups is 1. The smallest absolute Gasteiger partial charge is 0.234 e. The Morgan fingerprint density at radius 3 is 2.58 bits per heavy atom. The molecule has 1 aliphatic heterocycles. The third-order valence-corrected chi connectivity index (χ3v) is 8.87. The lowest BCUT2D eigenvalue weighted by Crippen LogP contribution is -2.46. The molecule has 2 fully saturated rings. The van der Waals surface area contributed by atoms with E-state index >= 15 is 0 Å². The minimum atomic E-state index is -0.221. The van der Waals surface area contributed by atoms with Crippen LogP contribution in [0.2, 0.25) is 0 Å². The van der Waals surface area contributed by atoms with Crippen molar-refractivity contribution < 1.29 is 4.79 Å². The molecule has 2 aliphatic rings. The van der Waals surface area contributed by atoms with Crippen molar-refractivity contribution in [1.82, 2.24) is 4.90 Å². The second kappa shape index (κ2) is 7.22. The average Bonchev–Trinajstić information content (AvgIpc) is 3.34. The van der Waals surface area contributed by atoms with Gasteiger partial charge in [-0.1, -0.05) is 25.0 Å². The Kier molecular flexibility index (Phi) is 5.02. The quantitative estimate of drug-likeness (QED) is 0.721. The van der Waals surface area contributed by atoms with E-state index in [1.807, 2.05) is 23.1 Å². The van der Waals surface area contributed by atoms with Gasteiger partial charge in [-0.3, -0.25) is 4.79 Å². The lowest BCUT2D eigenvalue weighted by molar-refractivity contribution is -0.137. The molecule has 4 rings (SSSR count). The summed E-state index contributed by atoms with van der Waals surface area (Å²) in [6.07, 6.45) is 5.51. The summed E-state index contributed by atoms with van der Waals surface area (Å²) in [7, 11) is 0. The van der Waals surface area contributed by atoms with Gasteiger partial charge in [0.1, 0.15) is 0 Å². The molecule has 1 unspecified atom stereocenters. The molecule has 5 heteroatoms. The van der Waals surface area contributed by atoms with Crippen LogP contribution in [0.15, 0.2) is 35.0 Å². The molecule has 2 nitrogen and oxygen atoms in total. The Hall–Kier alpha value is -0.780. The number of carbonyl (C=O) groups excluding carboxylic acids is 1. The van der Waals surface area contributed by atoms with Crippen molar-refractivity contribution in [2.24, 2.45) is 0 Å². The fourth-order valence-corrected chi connectivity index (χ4v) is 7.29. The molecule has 2 aromatic heterocycles. The van der Waals surface area contributed by atoms with E-state index in [1.165, 1.54) is 22.6 Å². The van der Waals surface area contributed by atoms with Gasteiger partial charge in [0.15, 0.2) is 0 Å². The van der Waals surface area contributed by atoms with E-state index in [2.05, 4.69) is 39.9 Å². The first-order valence-electron chi connectivity index (χ1n) is 8.78. The van der Waals surface area contributed by atoms with Crippen molar-refractivity contribution in [3.63, 3.8) is 0 Å². The van der Waals surface area contributed by atoms with Crippen LogP contribution in [0.5, 0.6) is 0 Å². The normalized spacial score (nSPS) is 24.0. The van der Waals surface area contributed by atoms with Crippen LogP contribution in [0.3, 0.4) is 0 Å². The highest BCUT2D eigenvalue weighted by atomic mass is 32.2. The molecule has 2 aromatic rings. The Morgan fingerprint density at radius 2 is 1.88 bits per heavy atom. The topological polar surface area (TPSA) is 20.3 Å². The number of nitrogens with zero attached hydrogens (tertiary/aromatic N) is 1. The molecule has 1 aliphatic carbocycles. The van der Waals surface area contributed by atoms with Gasteiger partial charge in [-0.25, -0.2) is 0 Å².